The minimum atomic E-state index is -0.609. The molecule has 1 aromatic heterocycles. The molecule has 6 heteroatoms. The van der Waals surface area contributed by atoms with Crippen LogP contribution >= 0.6 is 0 Å². The Morgan fingerprint density at radius 2 is 2.00 bits per heavy atom. The lowest BCUT2D eigenvalue weighted by Gasteiger charge is -2.03. The first kappa shape index (κ1) is 18.1. The summed E-state index contributed by atoms with van der Waals surface area (Å²) in [5, 5.41) is 9.30. The van der Waals surface area contributed by atoms with Crippen molar-refractivity contribution in [2.45, 2.75) is 20.8 Å². The SMILES string of the molecule is CCOC(=O)c1c(C)[nH]c(C(=O)/C(C#N)=C/c2ccccc2F)c1C. The molecule has 0 bridgehead atoms. The van der Waals surface area contributed by atoms with E-state index in [2.05, 4.69) is 4.98 Å². The lowest BCUT2D eigenvalue weighted by atomic mass is 10.0. The number of carbonyl (C=O) groups is 2. The Balaban J connectivity index is 2.46. The summed E-state index contributed by atoms with van der Waals surface area (Å²) in [6.07, 6.45) is 1.19. The first-order valence-electron chi connectivity index (χ1n) is 7.68. The fraction of sp³-hybridized carbons (Fsp3) is 0.211. The molecule has 0 saturated heterocycles. The third kappa shape index (κ3) is 3.66. The summed E-state index contributed by atoms with van der Waals surface area (Å²) in [4.78, 5) is 27.5. The highest BCUT2D eigenvalue weighted by molar-refractivity contribution is 6.15. The maximum absolute atomic E-state index is 13.8. The topological polar surface area (TPSA) is 83.0 Å². The number of nitrogens with one attached hydrogen (secondary N) is 1. The summed E-state index contributed by atoms with van der Waals surface area (Å²) in [6, 6.07) is 7.64. The number of carbonyl (C=O) groups excluding carboxylic acids is 2. The molecule has 0 saturated carbocycles. The van der Waals surface area contributed by atoms with Crippen LogP contribution in [0.15, 0.2) is 29.8 Å². The van der Waals surface area contributed by atoms with Crippen LogP contribution in [0.2, 0.25) is 0 Å². The van der Waals surface area contributed by atoms with Gasteiger partial charge in [-0.15, -0.1) is 0 Å². The van der Waals surface area contributed by atoms with Gasteiger partial charge in [0.25, 0.3) is 0 Å². The summed E-state index contributed by atoms with van der Waals surface area (Å²) < 4.78 is 18.7. The monoisotopic (exact) mass is 340 g/mol. The normalized spacial score (nSPS) is 11.1. The van der Waals surface area contributed by atoms with Crippen molar-refractivity contribution in [2.75, 3.05) is 6.61 Å². The number of H-pyrrole nitrogens is 1. The highest BCUT2D eigenvalue weighted by atomic mass is 19.1. The Labute approximate surface area is 144 Å². The van der Waals surface area contributed by atoms with Crippen LogP contribution in [0.3, 0.4) is 0 Å². The number of aromatic amines is 1. The molecule has 2 aromatic rings. The van der Waals surface area contributed by atoms with E-state index in [-0.39, 0.29) is 29.0 Å². The van der Waals surface area contributed by atoms with Crippen molar-refractivity contribution in [3.8, 4) is 6.07 Å². The van der Waals surface area contributed by atoms with Crippen molar-refractivity contribution in [3.05, 3.63) is 63.7 Å². The van der Waals surface area contributed by atoms with Crippen molar-refractivity contribution < 1.29 is 18.7 Å². The molecule has 0 radical (unpaired) electrons. The number of esters is 1. The number of allylic oxidation sites excluding steroid dienone is 1. The van der Waals surface area contributed by atoms with Crippen LogP contribution in [-0.2, 0) is 4.74 Å². The van der Waals surface area contributed by atoms with Gasteiger partial charge in [0.1, 0.15) is 17.5 Å². The van der Waals surface area contributed by atoms with Gasteiger partial charge in [-0.05, 0) is 38.5 Å². The van der Waals surface area contributed by atoms with E-state index in [1.165, 1.54) is 24.3 Å². The van der Waals surface area contributed by atoms with Crippen LogP contribution in [0.4, 0.5) is 4.39 Å². The molecule has 0 atom stereocenters. The molecular formula is C19H17FN2O3. The molecule has 25 heavy (non-hydrogen) atoms. The standard InChI is InChI=1S/C19H17FN2O3/c1-4-25-19(24)16-11(2)17(22-12(16)3)18(23)14(10-21)9-13-7-5-6-8-15(13)20/h5-9,22H,4H2,1-3H3/b14-9+. The van der Waals surface area contributed by atoms with Crippen LogP contribution in [-0.4, -0.2) is 23.3 Å². The van der Waals surface area contributed by atoms with Crippen LogP contribution in [0.1, 0.15) is 44.6 Å². The fourth-order valence-electron chi connectivity index (χ4n) is 2.52. The zero-order valence-electron chi connectivity index (χ0n) is 14.1. The van der Waals surface area contributed by atoms with E-state index in [1.807, 2.05) is 0 Å². The lowest BCUT2D eigenvalue weighted by Crippen LogP contribution is -2.08. The second kappa shape index (κ2) is 7.58. The van der Waals surface area contributed by atoms with Crippen molar-refractivity contribution in [2.24, 2.45) is 0 Å². The molecule has 5 nitrogen and oxygen atoms in total. The lowest BCUT2D eigenvalue weighted by molar-refractivity contribution is 0.0525. The van der Waals surface area contributed by atoms with Crippen molar-refractivity contribution in [1.29, 1.82) is 5.26 Å². The predicted molar refractivity (Wildman–Crippen MR) is 90.5 cm³/mol. The van der Waals surface area contributed by atoms with Gasteiger partial charge in [0.15, 0.2) is 0 Å². The van der Waals surface area contributed by atoms with E-state index < -0.39 is 17.6 Å². The molecular weight excluding hydrogens is 323 g/mol. The first-order valence-corrected chi connectivity index (χ1v) is 7.68. The van der Waals surface area contributed by atoms with Crippen LogP contribution in [0.5, 0.6) is 0 Å². The van der Waals surface area contributed by atoms with Crippen molar-refractivity contribution >= 4 is 17.8 Å². The number of ether oxygens (including phenoxy) is 1. The van der Waals surface area contributed by atoms with Gasteiger partial charge in [0.2, 0.25) is 5.78 Å². The van der Waals surface area contributed by atoms with Gasteiger partial charge in [0, 0.05) is 11.3 Å². The predicted octanol–water partition coefficient (Wildman–Crippen LogP) is 3.74. The van der Waals surface area contributed by atoms with Gasteiger partial charge < -0.3 is 9.72 Å². The summed E-state index contributed by atoms with van der Waals surface area (Å²) in [7, 11) is 0. The van der Waals surface area contributed by atoms with Crippen LogP contribution in [0, 0.1) is 31.0 Å². The van der Waals surface area contributed by atoms with E-state index in [0.29, 0.717) is 11.3 Å². The van der Waals surface area contributed by atoms with E-state index in [0.717, 1.165) is 0 Å². The average molecular weight is 340 g/mol. The number of aryl methyl sites for hydroxylation is 1. The highest BCUT2D eigenvalue weighted by Crippen LogP contribution is 2.22. The molecule has 1 N–H and O–H groups in total. The zero-order valence-corrected chi connectivity index (χ0v) is 14.1. The highest BCUT2D eigenvalue weighted by Gasteiger charge is 2.24. The summed E-state index contributed by atoms with van der Waals surface area (Å²) in [5.74, 6) is -1.68. The number of hydrogen-bond donors (Lipinski definition) is 1. The van der Waals surface area contributed by atoms with Gasteiger partial charge in [0.05, 0.1) is 17.9 Å². The van der Waals surface area contributed by atoms with Crippen molar-refractivity contribution in [1.82, 2.24) is 4.98 Å². The Morgan fingerprint density at radius 1 is 1.32 bits per heavy atom. The smallest absolute Gasteiger partial charge is 0.340 e. The number of rotatable bonds is 5. The Bertz CT molecular complexity index is 904. The minimum Gasteiger partial charge on any atom is -0.462 e. The molecule has 0 amide bonds. The molecule has 2 rings (SSSR count). The number of hydrogen-bond acceptors (Lipinski definition) is 4. The zero-order chi connectivity index (χ0) is 18.6. The molecule has 0 aliphatic carbocycles. The molecule has 0 spiro atoms. The molecule has 1 aromatic carbocycles. The summed E-state index contributed by atoms with van der Waals surface area (Å²) in [6.45, 7) is 5.14. The molecule has 0 aliphatic heterocycles. The Hall–Kier alpha value is -3.20. The largest absolute Gasteiger partial charge is 0.462 e. The number of ketones is 1. The van der Waals surface area contributed by atoms with Crippen molar-refractivity contribution in [3.63, 3.8) is 0 Å². The molecule has 0 aliphatic rings. The van der Waals surface area contributed by atoms with E-state index >= 15 is 0 Å². The van der Waals surface area contributed by atoms with Gasteiger partial charge in [-0.25, -0.2) is 9.18 Å². The van der Waals surface area contributed by atoms with E-state index in [1.54, 1.807) is 32.9 Å². The molecule has 128 valence electrons. The number of aromatic nitrogens is 1. The van der Waals surface area contributed by atoms with E-state index in [4.69, 9.17) is 4.74 Å². The second-order valence-electron chi connectivity index (χ2n) is 5.37. The number of halogens is 1. The summed E-state index contributed by atoms with van der Waals surface area (Å²) in [5.41, 5.74) is 1.17. The van der Waals surface area contributed by atoms with Gasteiger partial charge >= 0.3 is 5.97 Å². The van der Waals surface area contributed by atoms with Crippen LogP contribution in [0.25, 0.3) is 6.08 Å². The third-order valence-corrected chi connectivity index (χ3v) is 3.71. The molecule has 1 heterocycles. The van der Waals surface area contributed by atoms with Gasteiger partial charge in [-0.3, -0.25) is 4.79 Å². The fourth-order valence-corrected chi connectivity index (χ4v) is 2.52. The Kier molecular flexibility index (Phi) is 5.50. The number of Topliss-reactive ketones (excluding diaryl/α,β-unsaturated/α-hetero) is 1. The second-order valence-corrected chi connectivity index (χ2v) is 5.37. The van der Waals surface area contributed by atoms with E-state index in [9.17, 15) is 19.2 Å². The average Bonchev–Trinajstić information content (AvgIpc) is 2.88. The first-order chi connectivity index (χ1) is 11.9. The Morgan fingerprint density at radius 3 is 2.60 bits per heavy atom. The quantitative estimate of drug-likeness (QED) is 0.389. The van der Waals surface area contributed by atoms with Gasteiger partial charge in [-0.2, -0.15) is 5.26 Å². The van der Waals surface area contributed by atoms with Crippen LogP contribution < -0.4 is 0 Å². The maximum Gasteiger partial charge on any atom is 0.340 e. The van der Waals surface area contributed by atoms with Gasteiger partial charge in [-0.1, -0.05) is 18.2 Å². The number of benzene rings is 1. The maximum atomic E-state index is 13.8. The summed E-state index contributed by atoms with van der Waals surface area (Å²) >= 11 is 0. The third-order valence-electron chi connectivity index (χ3n) is 3.71. The number of nitriles is 1. The number of nitrogens with zero attached hydrogens (tertiary/aromatic N) is 1. The molecule has 0 unspecified atom stereocenters. The minimum absolute atomic E-state index is 0.115. The molecule has 0 fully saturated rings.